The van der Waals surface area contributed by atoms with Crippen LogP contribution in [0.25, 0.3) is 0 Å². The number of hydrogen-bond acceptors (Lipinski definition) is 2. The number of amides is 1. The number of hydrogen-bond donors (Lipinski definition) is 2. The molecule has 0 radical (unpaired) electrons. The highest BCUT2D eigenvalue weighted by Crippen LogP contribution is 2.50. The Balaban J connectivity index is 1.91. The Bertz CT molecular complexity index is 519. The largest absolute Gasteiger partial charge is 0.481 e. The second kappa shape index (κ2) is 5.80. The normalized spacial score (nSPS) is 20.9. The van der Waals surface area contributed by atoms with E-state index in [9.17, 15) is 9.59 Å². The number of carboxylic acids is 1. The van der Waals surface area contributed by atoms with Crippen LogP contribution >= 0.6 is 23.2 Å². The van der Waals surface area contributed by atoms with Crippen molar-refractivity contribution >= 4 is 35.1 Å². The summed E-state index contributed by atoms with van der Waals surface area (Å²) in [7, 11) is 0. The van der Waals surface area contributed by atoms with Crippen molar-refractivity contribution < 1.29 is 14.7 Å². The van der Waals surface area contributed by atoms with Crippen molar-refractivity contribution in [2.24, 2.45) is 5.92 Å². The fraction of sp³-hybridized carbons (Fsp3) is 0.385. The number of halogens is 2. The third kappa shape index (κ3) is 3.39. The van der Waals surface area contributed by atoms with Crippen LogP contribution in [0.4, 0.5) is 0 Å². The maximum Gasteiger partial charge on any atom is 0.305 e. The van der Waals surface area contributed by atoms with Gasteiger partial charge in [0.1, 0.15) is 0 Å². The smallest absolute Gasteiger partial charge is 0.305 e. The van der Waals surface area contributed by atoms with E-state index in [1.54, 1.807) is 12.1 Å². The summed E-state index contributed by atoms with van der Waals surface area (Å²) < 4.78 is 0. The van der Waals surface area contributed by atoms with Crippen LogP contribution in [0.1, 0.15) is 24.3 Å². The highest BCUT2D eigenvalue weighted by atomic mass is 35.5. The first kappa shape index (κ1) is 14.2. The molecule has 1 aliphatic rings. The fourth-order valence-corrected chi connectivity index (χ4v) is 2.51. The second-order valence-electron chi connectivity index (χ2n) is 4.53. The van der Waals surface area contributed by atoms with Crippen molar-refractivity contribution in [2.75, 3.05) is 6.54 Å². The number of carbonyl (C=O) groups is 2. The third-order valence-corrected chi connectivity index (χ3v) is 3.98. The Labute approximate surface area is 120 Å². The van der Waals surface area contributed by atoms with E-state index in [4.69, 9.17) is 28.3 Å². The monoisotopic (exact) mass is 301 g/mol. The molecule has 2 unspecified atom stereocenters. The van der Waals surface area contributed by atoms with Crippen LogP contribution in [0.15, 0.2) is 18.2 Å². The lowest BCUT2D eigenvalue weighted by Gasteiger charge is -2.06. The average Bonchev–Trinajstić information content (AvgIpc) is 3.12. The van der Waals surface area contributed by atoms with Gasteiger partial charge in [-0.3, -0.25) is 9.59 Å². The van der Waals surface area contributed by atoms with E-state index >= 15 is 0 Å². The maximum atomic E-state index is 11.8. The molecule has 0 saturated heterocycles. The van der Waals surface area contributed by atoms with Gasteiger partial charge in [0.2, 0.25) is 5.91 Å². The number of aliphatic carboxylic acids is 1. The van der Waals surface area contributed by atoms with Gasteiger partial charge >= 0.3 is 5.97 Å². The summed E-state index contributed by atoms with van der Waals surface area (Å²) >= 11 is 12.0. The molecule has 1 aromatic rings. The topological polar surface area (TPSA) is 66.4 Å². The highest BCUT2D eigenvalue weighted by molar-refractivity contribution is 6.42. The third-order valence-electron chi connectivity index (χ3n) is 3.15. The van der Waals surface area contributed by atoms with Crippen LogP contribution in [-0.4, -0.2) is 23.5 Å². The lowest BCUT2D eigenvalue weighted by molar-refractivity contribution is -0.136. The Morgan fingerprint density at radius 2 is 2.11 bits per heavy atom. The van der Waals surface area contributed by atoms with E-state index in [2.05, 4.69) is 5.32 Å². The first-order valence-electron chi connectivity index (χ1n) is 5.94. The predicted molar refractivity (Wildman–Crippen MR) is 72.6 cm³/mol. The number of nitrogens with one attached hydrogen (secondary N) is 1. The van der Waals surface area contributed by atoms with Crippen LogP contribution < -0.4 is 5.32 Å². The first-order chi connectivity index (χ1) is 9.00. The van der Waals surface area contributed by atoms with E-state index < -0.39 is 5.97 Å². The van der Waals surface area contributed by atoms with E-state index in [-0.39, 0.29) is 30.7 Å². The van der Waals surface area contributed by atoms with E-state index in [0.717, 1.165) is 12.0 Å². The quantitative estimate of drug-likeness (QED) is 0.879. The van der Waals surface area contributed by atoms with Gasteiger partial charge in [0.25, 0.3) is 0 Å². The molecule has 0 aromatic heterocycles. The van der Waals surface area contributed by atoms with Crippen LogP contribution in [0.2, 0.25) is 10.0 Å². The molecule has 2 N–H and O–H groups in total. The molecule has 0 spiro atoms. The molecule has 1 aliphatic carbocycles. The second-order valence-corrected chi connectivity index (χ2v) is 5.31. The van der Waals surface area contributed by atoms with Gasteiger partial charge in [-0.25, -0.2) is 0 Å². The standard InChI is InChI=1S/C13H13Cl2NO3/c14-10-3-1-2-7(12(10)15)8-6-9(8)13(19)16-5-4-11(17)18/h1-3,8-9H,4-6H2,(H,16,19)(H,17,18). The van der Waals surface area contributed by atoms with Gasteiger partial charge in [0.05, 0.1) is 16.5 Å². The molecule has 4 nitrogen and oxygen atoms in total. The molecule has 19 heavy (non-hydrogen) atoms. The van der Waals surface area contributed by atoms with Crippen molar-refractivity contribution in [1.29, 1.82) is 0 Å². The summed E-state index contributed by atoms with van der Waals surface area (Å²) in [6.07, 6.45) is 0.653. The van der Waals surface area contributed by atoms with E-state index in [0.29, 0.717) is 10.0 Å². The van der Waals surface area contributed by atoms with Crippen molar-refractivity contribution in [3.05, 3.63) is 33.8 Å². The average molecular weight is 302 g/mol. The molecule has 2 rings (SSSR count). The molecule has 6 heteroatoms. The Kier molecular flexibility index (Phi) is 4.32. The van der Waals surface area contributed by atoms with E-state index in [1.165, 1.54) is 0 Å². The zero-order chi connectivity index (χ0) is 14.0. The van der Waals surface area contributed by atoms with Gasteiger partial charge in [-0.2, -0.15) is 0 Å². The summed E-state index contributed by atoms with van der Waals surface area (Å²) in [4.78, 5) is 22.1. The lowest BCUT2D eigenvalue weighted by Crippen LogP contribution is -2.27. The SMILES string of the molecule is O=C(O)CCNC(=O)C1CC1c1cccc(Cl)c1Cl. The summed E-state index contributed by atoms with van der Waals surface area (Å²) in [6, 6.07) is 5.38. The lowest BCUT2D eigenvalue weighted by atomic mass is 10.1. The molecule has 1 amide bonds. The molecule has 102 valence electrons. The van der Waals surface area contributed by atoms with Gasteiger partial charge in [0.15, 0.2) is 0 Å². The van der Waals surface area contributed by atoms with Gasteiger partial charge in [0, 0.05) is 12.5 Å². The minimum Gasteiger partial charge on any atom is -0.481 e. The Hall–Kier alpha value is -1.26. The maximum absolute atomic E-state index is 11.8. The molecule has 0 heterocycles. The van der Waals surface area contributed by atoms with Crippen molar-refractivity contribution in [2.45, 2.75) is 18.8 Å². The van der Waals surface area contributed by atoms with Gasteiger partial charge in [-0.05, 0) is 24.0 Å². The van der Waals surface area contributed by atoms with Crippen LogP contribution in [-0.2, 0) is 9.59 Å². The minimum atomic E-state index is -0.925. The fourth-order valence-electron chi connectivity index (χ4n) is 2.06. The van der Waals surface area contributed by atoms with Gasteiger partial charge < -0.3 is 10.4 Å². The Morgan fingerprint density at radius 1 is 1.37 bits per heavy atom. The molecule has 1 aromatic carbocycles. The summed E-state index contributed by atoms with van der Waals surface area (Å²) in [5, 5.41) is 12.1. The molecule has 1 fully saturated rings. The molecule has 2 atom stereocenters. The molecule has 0 aliphatic heterocycles. The molecule has 1 saturated carbocycles. The number of carboxylic acid groups (broad SMARTS) is 1. The molecule has 0 bridgehead atoms. The highest BCUT2D eigenvalue weighted by Gasteiger charge is 2.44. The van der Waals surface area contributed by atoms with Crippen LogP contribution in [0, 0.1) is 5.92 Å². The van der Waals surface area contributed by atoms with Crippen LogP contribution in [0.3, 0.4) is 0 Å². The molecular formula is C13H13Cl2NO3. The van der Waals surface area contributed by atoms with E-state index in [1.807, 2.05) is 6.07 Å². The summed E-state index contributed by atoms with van der Waals surface area (Å²) in [6.45, 7) is 0.153. The zero-order valence-corrected chi connectivity index (χ0v) is 11.5. The summed E-state index contributed by atoms with van der Waals surface area (Å²) in [5.74, 6) is -1.10. The minimum absolute atomic E-state index is 0.0684. The van der Waals surface area contributed by atoms with Crippen molar-refractivity contribution in [3.8, 4) is 0 Å². The summed E-state index contributed by atoms with van der Waals surface area (Å²) in [5.41, 5.74) is 0.882. The number of benzene rings is 1. The predicted octanol–water partition coefficient (Wildman–Crippen LogP) is 2.69. The number of carbonyl (C=O) groups excluding carboxylic acids is 1. The van der Waals surface area contributed by atoms with Crippen LogP contribution in [0.5, 0.6) is 0 Å². The van der Waals surface area contributed by atoms with Crippen molar-refractivity contribution in [1.82, 2.24) is 5.32 Å². The number of rotatable bonds is 5. The molecular weight excluding hydrogens is 289 g/mol. The van der Waals surface area contributed by atoms with Gasteiger partial charge in [-0.1, -0.05) is 35.3 Å². The first-order valence-corrected chi connectivity index (χ1v) is 6.69. The van der Waals surface area contributed by atoms with Gasteiger partial charge in [-0.15, -0.1) is 0 Å². The Morgan fingerprint density at radius 3 is 2.79 bits per heavy atom. The zero-order valence-electron chi connectivity index (χ0n) is 10.0. The van der Waals surface area contributed by atoms with Crippen molar-refractivity contribution in [3.63, 3.8) is 0 Å².